The first-order valence-corrected chi connectivity index (χ1v) is 10.1. The lowest BCUT2D eigenvalue weighted by Crippen LogP contribution is -2.56. The Hall–Kier alpha value is -3.16. The lowest BCUT2D eigenvalue weighted by Gasteiger charge is -2.30. The van der Waals surface area contributed by atoms with E-state index in [4.69, 9.17) is 0 Å². The Morgan fingerprint density at radius 3 is 2.40 bits per heavy atom. The van der Waals surface area contributed by atoms with E-state index in [-0.39, 0.29) is 18.1 Å². The number of carbonyl (C=O) groups excluding carboxylic acids is 4. The summed E-state index contributed by atoms with van der Waals surface area (Å²) in [6.07, 6.45) is 3.62. The molecule has 4 amide bonds. The van der Waals surface area contributed by atoms with E-state index in [1.807, 2.05) is 37.3 Å². The van der Waals surface area contributed by atoms with Gasteiger partial charge in [-0.05, 0) is 25.0 Å². The number of rotatable bonds is 4. The van der Waals surface area contributed by atoms with Crippen LogP contribution < -0.4 is 10.6 Å². The fourth-order valence-corrected chi connectivity index (χ4v) is 3.10. The summed E-state index contributed by atoms with van der Waals surface area (Å²) in [4.78, 5) is 53.7. The lowest BCUT2D eigenvalue weighted by molar-refractivity contribution is -0.141. The van der Waals surface area contributed by atoms with E-state index in [0.29, 0.717) is 6.42 Å². The summed E-state index contributed by atoms with van der Waals surface area (Å²) in [6.45, 7) is 3.31. The van der Waals surface area contributed by atoms with Gasteiger partial charge in [0.1, 0.15) is 17.8 Å². The van der Waals surface area contributed by atoms with Crippen molar-refractivity contribution in [2.75, 3.05) is 20.6 Å². The third-order valence-electron chi connectivity index (χ3n) is 5.24. The van der Waals surface area contributed by atoms with E-state index in [2.05, 4.69) is 10.6 Å². The normalized spacial score (nSPS) is 23.0. The first-order valence-electron chi connectivity index (χ1n) is 10.1. The Labute approximate surface area is 177 Å². The Morgan fingerprint density at radius 2 is 1.77 bits per heavy atom. The maximum atomic E-state index is 13.2. The molecule has 1 saturated heterocycles. The fraction of sp³-hybridized carbons (Fsp3) is 0.455. The second-order valence-corrected chi connectivity index (χ2v) is 7.40. The van der Waals surface area contributed by atoms with Crippen LogP contribution in [0.1, 0.15) is 38.7 Å². The van der Waals surface area contributed by atoms with Gasteiger partial charge in [0.15, 0.2) is 0 Å². The Kier molecular flexibility index (Phi) is 8.15. The van der Waals surface area contributed by atoms with Gasteiger partial charge in [-0.25, -0.2) is 0 Å². The van der Waals surface area contributed by atoms with Gasteiger partial charge in [0.25, 0.3) is 5.91 Å². The molecule has 1 aliphatic rings. The second kappa shape index (κ2) is 10.6. The Bertz CT molecular complexity index is 822. The highest BCUT2D eigenvalue weighted by atomic mass is 16.2. The van der Waals surface area contributed by atoms with Gasteiger partial charge in [-0.3, -0.25) is 19.2 Å². The molecule has 1 aliphatic heterocycles. The van der Waals surface area contributed by atoms with Crippen LogP contribution >= 0.6 is 0 Å². The highest BCUT2D eigenvalue weighted by Gasteiger charge is 2.32. The number of nitrogens with zero attached hydrogens (tertiary/aromatic N) is 2. The molecule has 0 saturated carbocycles. The number of amides is 4. The molecule has 162 valence electrons. The van der Waals surface area contributed by atoms with Crippen molar-refractivity contribution in [2.45, 2.75) is 45.2 Å². The third kappa shape index (κ3) is 5.68. The third-order valence-corrected chi connectivity index (χ3v) is 5.24. The van der Waals surface area contributed by atoms with Crippen LogP contribution in [0.3, 0.4) is 0 Å². The molecule has 0 unspecified atom stereocenters. The molecular weight excluding hydrogens is 384 g/mol. The summed E-state index contributed by atoms with van der Waals surface area (Å²) < 4.78 is 0. The number of hydrogen-bond acceptors (Lipinski definition) is 4. The van der Waals surface area contributed by atoms with E-state index < -0.39 is 29.8 Å². The number of nitrogens with one attached hydrogen (secondary N) is 2. The minimum absolute atomic E-state index is 0.103. The highest BCUT2D eigenvalue weighted by molar-refractivity contribution is 6.04. The smallest absolute Gasteiger partial charge is 0.268 e. The largest absolute Gasteiger partial charge is 0.343 e. The summed E-state index contributed by atoms with van der Waals surface area (Å²) in [5, 5.41) is 5.34. The van der Waals surface area contributed by atoms with Crippen molar-refractivity contribution in [1.29, 1.82) is 0 Å². The molecular formula is C22H30N4O4. The number of likely N-dealkylation sites (N-methyl/N-ethyl adjacent to an activating group) is 2. The zero-order valence-corrected chi connectivity index (χ0v) is 18.0. The quantitative estimate of drug-likeness (QED) is 0.722. The van der Waals surface area contributed by atoms with Crippen LogP contribution in [0.15, 0.2) is 36.0 Å². The average molecular weight is 415 g/mol. The van der Waals surface area contributed by atoms with Crippen LogP contribution in [0.5, 0.6) is 0 Å². The van der Waals surface area contributed by atoms with Crippen molar-refractivity contribution in [2.24, 2.45) is 0 Å². The van der Waals surface area contributed by atoms with Crippen molar-refractivity contribution in [1.82, 2.24) is 20.4 Å². The predicted octanol–water partition coefficient (Wildman–Crippen LogP) is 1.14. The Balaban J connectivity index is 2.46. The molecule has 1 fully saturated rings. The molecule has 1 heterocycles. The van der Waals surface area contributed by atoms with E-state index in [1.54, 1.807) is 13.0 Å². The van der Waals surface area contributed by atoms with Crippen LogP contribution in [0.25, 0.3) is 6.08 Å². The minimum Gasteiger partial charge on any atom is -0.343 e. The van der Waals surface area contributed by atoms with E-state index in [1.165, 1.54) is 23.9 Å². The molecule has 30 heavy (non-hydrogen) atoms. The highest BCUT2D eigenvalue weighted by Crippen LogP contribution is 2.15. The zero-order valence-electron chi connectivity index (χ0n) is 18.0. The SMILES string of the molecule is CCCC[C@@H]1NC(=O)[C@H](C)N(C)C(=O)CNC(=O)/C(=C/c2ccccc2)N(C)C1=O. The number of hydrogen-bond donors (Lipinski definition) is 2. The average Bonchev–Trinajstić information content (AvgIpc) is 2.76. The van der Waals surface area contributed by atoms with Crippen molar-refractivity contribution in [3.8, 4) is 0 Å². The molecule has 0 aromatic heterocycles. The fourth-order valence-electron chi connectivity index (χ4n) is 3.10. The maximum absolute atomic E-state index is 13.2. The zero-order chi connectivity index (χ0) is 22.3. The molecule has 1 aromatic rings. The van der Waals surface area contributed by atoms with Crippen LogP contribution in [-0.2, 0) is 19.2 Å². The standard InChI is InChI=1S/C22H30N4O4/c1-5-6-12-17-22(30)26(4)18(13-16-10-8-7-9-11-16)21(29)23-14-19(27)25(3)15(2)20(28)24-17/h7-11,13,15,17H,5-6,12,14H2,1-4H3,(H,23,29)(H,24,28)/b18-13-/t15-,17-/m0/s1. The molecule has 0 radical (unpaired) electrons. The molecule has 2 N–H and O–H groups in total. The van der Waals surface area contributed by atoms with Gasteiger partial charge < -0.3 is 20.4 Å². The molecule has 1 aromatic carbocycles. The summed E-state index contributed by atoms with van der Waals surface area (Å²) in [5.74, 6) is -1.72. The first kappa shape index (κ1) is 23.1. The molecule has 2 atom stereocenters. The molecule has 2 rings (SSSR count). The summed E-state index contributed by atoms with van der Waals surface area (Å²) >= 11 is 0. The van der Waals surface area contributed by atoms with Crippen molar-refractivity contribution in [3.05, 3.63) is 41.6 Å². The molecule has 0 spiro atoms. The first-order chi connectivity index (χ1) is 14.3. The van der Waals surface area contributed by atoms with Gasteiger partial charge >= 0.3 is 0 Å². The van der Waals surface area contributed by atoms with Crippen LogP contribution in [0, 0.1) is 0 Å². The molecule has 0 aliphatic carbocycles. The van der Waals surface area contributed by atoms with Crippen LogP contribution in [0.2, 0.25) is 0 Å². The van der Waals surface area contributed by atoms with Crippen molar-refractivity contribution in [3.63, 3.8) is 0 Å². The van der Waals surface area contributed by atoms with Crippen molar-refractivity contribution >= 4 is 29.7 Å². The second-order valence-electron chi connectivity index (χ2n) is 7.40. The van der Waals surface area contributed by atoms with E-state index in [0.717, 1.165) is 18.4 Å². The van der Waals surface area contributed by atoms with Gasteiger partial charge in [-0.2, -0.15) is 0 Å². The number of carbonyl (C=O) groups is 4. The number of unbranched alkanes of at least 4 members (excludes halogenated alkanes) is 1. The van der Waals surface area contributed by atoms with E-state index >= 15 is 0 Å². The van der Waals surface area contributed by atoms with Crippen molar-refractivity contribution < 1.29 is 19.2 Å². The summed E-state index contributed by atoms with van der Waals surface area (Å²) in [6, 6.07) is 7.56. The molecule has 8 heteroatoms. The topological polar surface area (TPSA) is 98.8 Å². The van der Waals surface area contributed by atoms with Gasteiger partial charge in [0, 0.05) is 14.1 Å². The van der Waals surface area contributed by atoms with Gasteiger partial charge in [-0.15, -0.1) is 0 Å². The predicted molar refractivity (Wildman–Crippen MR) is 114 cm³/mol. The molecule has 0 bridgehead atoms. The summed E-state index contributed by atoms with van der Waals surface area (Å²) in [7, 11) is 3.01. The lowest BCUT2D eigenvalue weighted by atomic mass is 10.1. The van der Waals surface area contributed by atoms with Gasteiger partial charge in [-0.1, -0.05) is 50.1 Å². The molecule has 8 nitrogen and oxygen atoms in total. The monoisotopic (exact) mass is 414 g/mol. The minimum atomic E-state index is -0.792. The number of benzene rings is 1. The Morgan fingerprint density at radius 1 is 1.10 bits per heavy atom. The van der Waals surface area contributed by atoms with Crippen LogP contribution in [-0.4, -0.2) is 66.2 Å². The van der Waals surface area contributed by atoms with Gasteiger partial charge in [0.2, 0.25) is 17.7 Å². The summed E-state index contributed by atoms with van der Waals surface area (Å²) in [5.41, 5.74) is 0.839. The van der Waals surface area contributed by atoms with Crippen LogP contribution in [0.4, 0.5) is 0 Å². The van der Waals surface area contributed by atoms with E-state index in [9.17, 15) is 19.2 Å². The maximum Gasteiger partial charge on any atom is 0.268 e. The van der Waals surface area contributed by atoms with Gasteiger partial charge in [0.05, 0.1) is 6.54 Å².